The Balaban J connectivity index is 2.03. The average Bonchev–Trinajstić information content (AvgIpc) is 2.53. The first kappa shape index (κ1) is 17.0. The van der Waals surface area contributed by atoms with E-state index in [2.05, 4.69) is 0 Å². The normalized spacial score (nSPS) is 14.1. The number of aldehydes is 1. The maximum atomic E-state index is 12.6. The van der Waals surface area contributed by atoms with Crippen LogP contribution in [0, 0.1) is 0 Å². The number of rotatable bonds is 3. The predicted molar refractivity (Wildman–Crippen MR) is 98.0 cm³/mol. The van der Waals surface area contributed by atoms with Crippen LogP contribution in [0.25, 0.3) is 11.3 Å². The Morgan fingerprint density at radius 3 is 2.36 bits per heavy atom. The first-order valence-electron chi connectivity index (χ1n) is 8.24. The Kier molecular flexibility index (Phi) is 4.45. The molecule has 1 heterocycles. The lowest BCUT2D eigenvalue weighted by Gasteiger charge is -2.38. The van der Waals surface area contributed by atoms with Crippen molar-refractivity contribution in [3.63, 3.8) is 0 Å². The summed E-state index contributed by atoms with van der Waals surface area (Å²) in [6, 6.07) is 17.2. The van der Waals surface area contributed by atoms with Gasteiger partial charge in [-0.2, -0.15) is 0 Å². The third-order valence-electron chi connectivity index (χ3n) is 3.90. The molecule has 2 aromatic carbocycles. The van der Waals surface area contributed by atoms with Gasteiger partial charge >= 0.3 is 6.09 Å². The molecule has 0 aromatic heterocycles. The highest BCUT2D eigenvalue weighted by Gasteiger charge is 2.35. The van der Waals surface area contributed by atoms with E-state index in [1.807, 2.05) is 63.2 Å². The monoisotopic (exact) mass is 335 g/mol. The molecule has 1 amide bonds. The predicted octanol–water partition coefficient (Wildman–Crippen LogP) is 4.62. The minimum Gasteiger partial charge on any atom is -0.443 e. The van der Waals surface area contributed by atoms with Crippen LogP contribution in [0.5, 0.6) is 0 Å². The summed E-state index contributed by atoms with van der Waals surface area (Å²) in [5.74, 6) is 0. The van der Waals surface area contributed by atoms with Gasteiger partial charge in [0, 0.05) is 11.1 Å². The lowest BCUT2D eigenvalue weighted by atomic mass is 9.91. The summed E-state index contributed by atoms with van der Waals surface area (Å²) in [5, 5.41) is 0. The van der Waals surface area contributed by atoms with Gasteiger partial charge in [0.25, 0.3) is 0 Å². The van der Waals surface area contributed by atoms with Crippen molar-refractivity contribution in [3.05, 3.63) is 71.3 Å². The minimum atomic E-state index is -0.560. The van der Waals surface area contributed by atoms with Crippen molar-refractivity contribution in [2.45, 2.75) is 26.4 Å². The number of ether oxygens (including phenoxy) is 1. The molecule has 0 aliphatic carbocycles. The summed E-state index contributed by atoms with van der Waals surface area (Å²) in [4.78, 5) is 25.3. The van der Waals surface area contributed by atoms with Crippen LogP contribution in [0.2, 0.25) is 0 Å². The Morgan fingerprint density at radius 1 is 1.04 bits per heavy atom. The second-order valence-corrected chi connectivity index (χ2v) is 7.00. The van der Waals surface area contributed by atoms with Crippen LogP contribution < -0.4 is 0 Å². The zero-order valence-corrected chi connectivity index (χ0v) is 14.7. The fourth-order valence-electron chi connectivity index (χ4n) is 2.81. The summed E-state index contributed by atoms with van der Waals surface area (Å²) in [6.45, 7) is 6.02. The number of carbonyl (C=O) groups excluding carboxylic acids is 2. The molecule has 0 fully saturated rings. The number of benzene rings is 2. The molecule has 0 spiro atoms. The largest absolute Gasteiger partial charge is 0.443 e. The quantitative estimate of drug-likeness (QED) is 0.769. The Bertz CT molecular complexity index is 832. The van der Waals surface area contributed by atoms with E-state index >= 15 is 0 Å². The highest BCUT2D eigenvalue weighted by atomic mass is 16.6. The van der Waals surface area contributed by atoms with Gasteiger partial charge in [-0.15, -0.1) is 0 Å². The molecule has 1 aliphatic heterocycles. The van der Waals surface area contributed by atoms with Crippen LogP contribution in [0.15, 0.2) is 54.6 Å². The topological polar surface area (TPSA) is 46.6 Å². The van der Waals surface area contributed by atoms with Crippen molar-refractivity contribution < 1.29 is 14.3 Å². The SMILES string of the molecule is CC(C)(C)OC(=O)N1CC(c2ccccc2)=C1c1cccc(C=O)c1. The van der Waals surface area contributed by atoms with Gasteiger partial charge in [0.05, 0.1) is 12.2 Å². The Labute approximate surface area is 147 Å². The molecular weight excluding hydrogens is 314 g/mol. The van der Waals surface area contributed by atoms with E-state index in [1.54, 1.807) is 17.0 Å². The maximum Gasteiger partial charge on any atom is 0.415 e. The smallest absolute Gasteiger partial charge is 0.415 e. The molecule has 0 saturated carbocycles. The Hall–Kier alpha value is -2.88. The van der Waals surface area contributed by atoms with Crippen molar-refractivity contribution in [1.29, 1.82) is 0 Å². The van der Waals surface area contributed by atoms with Crippen molar-refractivity contribution >= 4 is 23.6 Å². The second kappa shape index (κ2) is 6.55. The first-order chi connectivity index (χ1) is 11.9. The van der Waals surface area contributed by atoms with Crippen molar-refractivity contribution in [2.75, 3.05) is 6.54 Å². The van der Waals surface area contributed by atoms with Gasteiger partial charge in [0.15, 0.2) is 0 Å². The number of amides is 1. The molecule has 0 saturated heterocycles. The van der Waals surface area contributed by atoms with Gasteiger partial charge < -0.3 is 4.74 Å². The van der Waals surface area contributed by atoms with Crippen LogP contribution in [0.1, 0.15) is 42.3 Å². The lowest BCUT2D eigenvalue weighted by molar-refractivity contribution is 0.0355. The molecule has 128 valence electrons. The van der Waals surface area contributed by atoms with Crippen molar-refractivity contribution in [1.82, 2.24) is 4.90 Å². The molecule has 0 bridgehead atoms. The highest BCUT2D eigenvalue weighted by Crippen LogP contribution is 2.39. The molecule has 0 atom stereocenters. The maximum absolute atomic E-state index is 12.6. The van der Waals surface area contributed by atoms with Crippen LogP contribution >= 0.6 is 0 Å². The zero-order valence-electron chi connectivity index (χ0n) is 14.7. The average molecular weight is 335 g/mol. The summed E-state index contributed by atoms with van der Waals surface area (Å²) in [7, 11) is 0. The van der Waals surface area contributed by atoms with Crippen LogP contribution in [-0.2, 0) is 4.74 Å². The molecule has 4 nitrogen and oxygen atoms in total. The van der Waals surface area contributed by atoms with Crippen LogP contribution in [0.4, 0.5) is 4.79 Å². The van der Waals surface area contributed by atoms with E-state index in [9.17, 15) is 9.59 Å². The fraction of sp³-hybridized carbons (Fsp3) is 0.238. The van der Waals surface area contributed by atoms with Crippen molar-refractivity contribution in [2.24, 2.45) is 0 Å². The van der Waals surface area contributed by atoms with E-state index in [0.29, 0.717) is 12.1 Å². The van der Waals surface area contributed by atoms with Crippen LogP contribution in [0.3, 0.4) is 0 Å². The van der Waals surface area contributed by atoms with E-state index in [0.717, 1.165) is 28.7 Å². The molecule has 4 heteroatoms. The summed E-state index contributed by atoms with van der Waals surface area (Å²) in [6.07, 6.45) is 0.432. The van der Waals surface area contributed by atoms with Gasteiger partial charge in [-0.1, -0.05) is 48.5 Å². The molecule has 1 aliphatic rings. The summed E-state index contributed by atoms with van der Waals surface area (Å²) >= 11 is 0. The molecule has 0 radical (unpaired) electrons. The second-order valence-electron chi connectivity index (χ2n) is 7.00. The van der Waals surface area contributed by atoms with E-state index in [-0.39, 0.29) is 6.09 Å². The molecule has 0 N–H and O–H groups in total. The van der Waals surface area contributed by atoms with Crippen LogP contribution in [-0.4, -0.2) is 29.4 Å². The van der Waals surface area contributed by atoms with Crippen molar-refractivity contribution in [3.8, 4) is 0 Å². The lowest BCUT2D eigenvalue weighted by Crippen LogP contribution is -2.42. The highest BCUT2D eigenvalue weighted by molar-refractivity contribution is 6.04. The van der Waals surface area contributed by atoms with Gasteiger partial charge in [-0.3, -0.25) is 9.69 Å². The zero-order chi connectivity index (χ0) is 18.0. The van der Waals surface area contributed by atoms with E-state index in [1.165, 1.54) is 0 Å². The molecule has 3 rings (SSSR count). The van der Waals surface area contributed by atoms with Gasteiger partial charge in [-0.05, 0) is 38.0 Å². The van der Waals surface area contributed by atoms with E-state index < -0.39 is 5.60 Å². The van der Waals surface area contributed by atoms with Gasteiger partial charge in [0.2, 0.25) is 0 Å². The third kappa shape index (κ3) is 3.63. The standard InChI is InChI=1S/C21H21NO3/c1-21(2,3)25-20(24)22-13-18(16-9-5-4-6-10-16)19(22)17-11-7-8-15(12-17)14-23/h4-12,14H,13H2,1-3H3. The molecular formula is C21H21NO3. The molecule has 0 unspecified atom stereocenters. The minimum absolute atomic E-state index is 0.376. The summed E-state index contributed by atoms with van der Waals surface area (Å²) in [5.41, 5.74) is 3.77. The van der Waals surface area contributed by atoms with Gasteiger partial charge in [0.1, 0.15) is 11.9 Å². The first-order valence-corrected chi connectivity index (χ1v) is 8.24. The molecule has 25 heavy (non-hydrogen) atoms. The number of nitrogens with zero attached hydrogens (tertiary/aromatic N) is 1. The third-order valence-corrected chi connectivity index (χ3v) is 3.90. The van der Waals surface area contributed by atoms with E-state index in [4.69, 9.17) is 4.74 Å². The summed E-state index contributed by atoms with van der Waals surface area (Å²) < 4.78 is 5.52. The number of hydrogen-bond donors (Lipinski definition) is 0. The number of carbonyl (C=O) groups is 2. The molecule has 2 aromatic rings. The van der Waals surface area contributed by atoms with Gasteiger partial charge in [-0.25, -0.2) is 4.79 Å². The Morgan fingerprint density at radius 2 is 1.72 bits per heavy atom. The fourth-order valence-corrected chi connectivity index (χ4v) is 2.81. The number of hydrogen-bond acceptors (Lipinski definition) is 3.